The zero-order chi connectivity index (χ0) is 14.2. The topological polar surface area (TPSA) is 28.2 Å². The molecule has 0 aliphatic carbocycles. The summed E-state index contributed by atoms with van der Waals surface area (Å²) >= 11 is 0. The van der Waals surface area contributed by atoms with Crippen molar-refractivity contribution in [3.05, 3.63) is 30.1 Å². The van der Waals surface area contributed by atoms with Crippen LogP contribution in [0.1, 0.15) is 32.4 Å². The molecule has 1 aromatic heterocycles. The Hall–Kier alpha value is -0.930. The first-order valence-corrected chi connectivity index (χ1v) is 8.07. The van der Waals surface area contributed by atoms with E-state index in [1.54, 1.807) is 0 Å². The Morgan fingerprint density at radius 2 is 2.30 bits per heavy atom. The van der Waals surface area contributed by atoms with Crippen LogP contribution in [0.4, 0.5) is 0 Å². The minimum absolute atomic E-state index is 0.749. The van der Waals surface area contributed by atoms with Gasteiger partial charge in [-0.05, 0) is 56.4 Å². The maximum Gasteiger partial charge on any atom is 0.0416 e. The minimum Gasteiger partial charge on any atom is -0.316 e. The van der Waals surface area contributed by atoms with Crippen molar-refractivity contribution in [1.29, 1.82) is 0 Å². The van der Waals surface area contributed by atoms with E-state index >= 15 is 0 Å². The van der Waals surface area contributed by atoms with Gasteiger partial charge in [0.05, 0.1) is 0 Å². The highest BCUT2D eigenvalue weighted by Crippen LogP contribution is 2.16. The van der Waals surface area contributed by atoms with E-state index < -0.39 is 0 Å². The Bertz CT molecular complexity index is 364. The molecule has 3 nitrogen and oxygen atoms in total. The van der Waals surface area contributed by atoms with Crippen LogP contribution in [0.25, 0.3) is 0 Å². The van der Waals surface area contributed by atoms with Gasteiger partial charge in [-0.15, -0.1) is 0 Å². The zero-order valence-electron chi connectivity index (χ0n) is 13.0. The van der Waals surface area contributed by atoms with E-state index in [4.69, 9.17) is 0 Å². The van der Waals surface area contributed by atoms with E-state index in [1.165, 1.54) is 38.2 Å². The molecule has 2 heterocycles. The molecule has 1 saturated heterocycles. The number of hydrogen-bond donors (Lipinski definition) is 1. The predicted molar refractivity (Wildman–Crippen MR) is 84.8 cm³/mol. The van der Waals surface area contributed by atoms with Gasteiger partial charge in [0.1, 0.15) is 0 Å². The van der Waals surface area contributed by atoms with E-state index in [-0.39, 0.29) is 0 Å². The monoisotopic (exact) mass is 275 g/mol. The Morgan fingerprint density at radius 1 is 1.40 bits per heavy atom. The largest absolute Gasteiger partial charge is 0.316 e. The van der Waals surface area contributed by atoms with Crippen molar-refractivity contribution in [2.75, 3.05) is 32.7 Å². The van der Waals surface area contributed by atoms with Crippen LogP contribution in [-0.4, -0.2) is 42.6 Å². The molecule has 0 aromatic carbocycles. The normalized spacial score (nSPS) is 20.4. The summed E-state index contributed by atoms with van der Waals surface area (Å²) < 4.78 is 0. The molecule has 1 unspecified atom stereocenters. The van der Waals surface area contributed by atoms with Crippen molar-refractivity contribution < 1.29 is 0 Å². The molecule has 1 N–H and O–H groups in total. The summed E-state index contributed by atoms with van der Waals surface area (Å²) in [6, 6.07) is 6.20. The number of hydrogen-bond acceptors (Lipinski definition) is 3. The third-order valence-electron chi connectivity index (χ3n) is 4.00. The molecule has 0 saturated carbocycles. The first-order chi connectivity index (χ1) is 9.74. The summed E-state index contributed by atoms with van der Waals surface area (Å²) in [5, 5.41) is 3.61. The van der Waals surface area contributed by atoms with Gasteiger partial charge >= 0.3 is 0 Å². The third kappa shape index (κ3) is 5.59. The van der Waals surface area contributed by atoms with Crippen LogP contribution in [0, 0.1) is 11.8 Å². The van der Waals surface area contributed by atoms with Crippen LogP contribution in [0.2, 0.25) is 0 Å². The first kappa shape index (κ1) is 15.5. The molecular weight excluding hydrogens is 246 g/mol. The van der Waals surface area contributed by atoms with Gasteiger partial charge in [-0.25, -0.2) is 0 Å². The Kier molecular flexibility index (Phi) is 6.48. The van der Waals surface area contributed by atoms with Gasteiger partial charge in [0.25, 0.3) is 0 Å². The third-order valence-corrected chi connectivity index (χ3v) is 4.00. The van der Waals surface area contributed by atoms with Crippen molar-refractivity contribution in [2.45, 2.75) is 33.1 Å². The van der Waals surface area contributed by atoms with E-state index in [2.05, 4.69) is 41.2 Å². The lowest BCUT2D eigenvalue weighted by molar-refractivity contribution is 0.173. The average molecular weight is 275 g/mol. The molecule has 0 radical (unpaired) electrons. The SMILES string of the molecule is CC(C)CNCC1CCCN(CCc2ccccn2)C1. The second-order valence-corrected chi connectivity index (χ2v) is 6.43. The van der Waals surface area contributed by atoms with Crippen LogP contribution in [-0.2, 0) is 6.42 Å². The van der Waals surface area contributed by atoms with E-state index in [0.29, 0.717) is 0 Å². The number of nitrogens with zero attached hydrogens (tertiary/aromatic N) is 2. The molecule has 3 heteroatoms. The fourth-order valence-corrected chi connectivity index (χ4v) is 2.92. The number of aromatic nitrogens is 1. The molecule has 1 aliphatic heterocycles. The van der Waals surface area contributed by atoms with E-state index in [1.807, 2.05) is 12.3 Å². The lowest BCUT2D eigenvalue weighted by atomic mass is 9.97. The summed E-state index contributed by atoms with van der Waals surface area (Å²) in [5.41, 5.74) is 1.22. The molecule has 112 valence electrons. The van der Waals surface area contributed by atoms with Gasteiger partial charge in [0, 0.05) is 31.4 Å². The van der Waals surface area contributed by atoms with Crippen molar-refractivity contribution in [3.63, 3.8) is 0 Å². The fourth-order valence-electron chi connectivity index (χ4n) is 2.92. The highest BCUT2D eigenvalue weighted by atomic mass is 15.1. The van der Waals surface area contributed by atoms with Crippen molar-refractivity contribution >= 4 is 0 Å². The molecule has 1 aromatic rings. The quantitative estimate of drug-likeness (QED) is 0.829. The number of rotatable bonds is 7. The number of piperidine rings is 1. The minimum atomic E-state index is 0.749. The highest BCUT2D eigenvalue weighted by molar-refractivity contribution is 5.03. The Morgan fingerprint density at radius 3 is 3.05 bits per heavy atom. The molecule has 20 heavy (non-hydrogen) atoms. The summed E-state index contributed by atoms with van der Waals surface area (Å²) in [5.74, 6) is 1.57. The van der Waals surface area contributed by atoms with Crippen LogP contribution < -0.4 is 5.32 Å². The van der Waals surface area contributed by atoms with Crippen LogP contribution >= 0.6 is 0 Å². The van der Waals surface area contributed by atoms with E-state index in [0.717, 1.165) is 31.3 Å². The van der Waals surface area contributed by atoms with Gasteiger partial charge < -0.3 is 10.2 Å². The van der Waals surface area contributed by atoms with Crippen LogP contribution in [0.15, 0.2) is 24.4 Å². The summed E-state index contributed by atoms with van der Waals surface area (Å²) in [6.07, 6.45) is 5.69. The van der Waals surface area contributed by atoms with Gasteiger partial charge in [-0.3, -0.25) is 4.98 Å². The molecule has 1 atom stereocenters. The average Bonchev–Trinajstić information content (AvgIpc) is 2.46. The predicted octanol–water partition coefficient (Wildman–Crippen LogP) is 2.58. The molecule has 0 bridgehead atoms. The van der Waals surface area contributed by atoms with Crippen molar-refractivity contribution in [2.24, 2.45) is 11.8 Å². The lowest BCUT2D eigenvalue weighted by Gasteiger charge is -2.33. The smallest absolute Gasteiger partial charge is 0.0416 e. The van der Waals surface area contributed by atoms with Gasteiger partial charge in [-0.2, -0.15) is 0 Å². The Balaban J connectivity index is 1.68. The standard InChI is InChI=1S/C17H29N3/c1-15(2)12-18-13-16-6-5-10-20(14-16)11-8-17-7-3-4-9-19-17/h3-4,7,9,15-16,18H,5-6,8,10-14H2,1-2H3. The summed E-state index contributed by atoms with van der Waals surface area (Å²) in [4.78, 5) is 7.02. The second-order valence-electron chi connectivity index (χ2n) is 6.43. The molecule has 0 amide bonds. The number of likely N-dealkylation sites (tertiary alicyclic amines) is 1. The highest BCUT2D eigenvalue weighted by Gasteiger charge is 2.19. The lowest BCUT2D eigenvalue weighted by Crippen LogP contribution is -2.41. The fraction of sp³-hybridized carbons (Fsp3) is 0.706. The van der Waals surface area contributed by atoms with Crippen LogP contribution in [0.5, 0.6) is 0 Å². The van der Waals surface area contributed by atoms with Gasteiger partial charge in [0.2, 0.25) is 0 Å². The van der Waals surface area contributed by atoms with E-state index in [9.17, 15) is 0 Å². The summed E-state index contributed by atoms with van der Waals surface area (Å²) in [6.45, 7) is 10.5. The molecule has 0 spiro atoms. The maximum atomic E-state index is 4.41. The molecule has 1 aliphatic rings. The van der Waals surface area contributed by atoms with Crippen LogP contribution in [0.3, 0.4) is 0 Å². The Labute approximate surface area is 123 Å². The van der Waals surface area contributed by atoms with Crippen molar-refractivity contribution in [3.8, 4) is 0 Å². The number of nitrogens with one attached hydrogen (secondary N) is 1. The molecule has 2 rings (SSSR count). The first-order valence-electron chi connectivity index (χ1n) is 8.07. The molecular formula is C17H29N3. The molecule has 1 fully saturated rings. The second kappa shape index (κ2) is 8.38. The maximum absolute atomic E-state index is 4.41. The zero-order valence-corrected chi connectivity index (χ0v) is 13.0. The van der Waals surface area contributed by atoms with Gasteiger partial charge in [-0.1, -0.05) is 19.9 Å². The number of pyridine rings is 1. The van der Waals surface area contributed by atoms with Crippen molar-refractivity contribution in [1.82, 2.24) is 15.2 Å². The van der Waals surface area contributed by atoms with Gasteiger partial charge in [0.15, 0.2) is 0 Å². The summed E-state index contributed by atoms with van der Waals surface area (Å²) in [7, 11) is 0.